The van der Waals surface area contributed by atoms with Gasteiger partial charge in [-0.25, -0.2) is 9.48 Å². The average molecular weight is 281 g/mol. The largest absolute Gasteiger partial charge is 0.476 e. The lowest BCUT2D eigenvalue weighted by molar-refractivity contribution is -0.137. The molecule has 1 aromatic heterocycles. The Balaban J connectivity index is 1.77. The number of nitrogens with zero attached hydrogens (tertiary/aromatic N) is 4. The van der Waals surface area contributed by atoms with E-state index in [1.807, 2.05) is 0 Å². The molecule has 1 aromatic rings. The van der Waals surface area contributed by atoms with E-state index < -0.39 is 5.97 Å². The number of carboxylic acids is 1. The van der Waals surface area contributed by atoms with Crippen LogP contribution in [0.4, 0.5) is 0 Å². The summed E-state index contributed by atoms with van der Waals surface area (Å²) in [5.74, 6) is -1.34. The third-order valence-corrected chi connectivity index (χ3v) is 3.03. The smallest absolute Gasteiger partial charge is 0.358 e. The van der Waals surface area contributed by atoms with Gasteiger partial charge in [0.1, 0.15) is 0 Å². The zero-order valence-corrected chi connectivity index (χ0v) is 10.9. The van der Waals surface area contributed by atoms with E-state index in [0.29, 0.717) is 19.6 Å². The van der Waals surface area contributed by atoms with Crippen molar-refractivity contribution >= 4 is 17.8 Å². The molecule has 0 spiro atoms. The Labute approximate surface area is 114 Å². The van der Waals surface area contributed by atoms with Gasteiger partial charge in [-0.1, -0.05) is 5.21 Å². The number of amides is 2. The summed E-state index contributed by atoms with van der Waals surface area (Å²) < 4.78 is 1.46. The van der Waals surface area contributed by atoms with Crippen LogP contribution in [-0.2, 0) is 9.59 Å². The van der Waals surface area contributed by atoms with E-state index in [1.54, 1.807) is 4.90 Å². The summed E-state index contributed by atoms with van der Waals surface area (Å²) in [6, 6.07) is -0.0414. The molecular formula is C11H15N5O4. The second-order valence-electron chi connectivity index (χ2n) is 4.57. The standard InChI is InChI=1S/C11H15N5O4/c1-7(17)12-3-2-10(18)15-4-8(5-15)16-6-9(11(19)20)13-14-16/h6,8H,2-5H2,1H3,(H,12,17)(H,19,20). The molecule has 0 aromatic carbocycles. The monoisotopic (exact) mass is 281 g/mol. The molecule has 1 aliphatic heterocycles. The van der Waals surface area contributed by atoms with E-state index >= 15 is 0 Å². The Bertz CT molecular complexity index is 535. The minimum absolute atomic E-state index is 0.0414. The molecule has 1 saturated heterocycles. The van der Waals surface area contributed by atoms with Gasteiger partial charge >= 0.3 is 5.97 Å². The highest BCUT2D eigenvalue weighted by molar-refractivity contribution is 5.84. The second-order valence-corrected chi connectivity index (χ2v) is 4.57. The topological polar surface area (TPSA) is 117 Å². The molecule has 1 fully saturated rings. The molecule has 0 radical (unpaired) electrons. The minimum atomic E-state index is -1.13. The summed E-state index contributed by atoms with van der Waals surface area (Å²) in [7, 11) is 0. The molecule has 9 nitrogen and oxygen atoms in total. The number of likely N-dealkylation sites (tertiary alicyclic amines) is 1. The number of aromatic nitrogens is 3. The Morgan fingerprint density at radius 1 is 1.45 bits per heavy atom. The molecule has 0 unspecified atom stereocenters. The zero-order chi connectivity index (χ0) is 14.7. The lowest BCUT2D eigenvalue weighted by atomic mass is 10.1. The molecule has 9 heteroatoms. The highest BCUT2D eigenvalue weighted by atomic mass is 16.4. The maximum Gasteiger partial charge on any atom is 0.358 e. The van der Waals surface area contributed by atoms with Crippen molar-refractivity contribution in [3.05, 3.63) is 11.9 Å². The quantitative estimate of drug-likeness (QED) is 0.706. The molecule has 2 N–H and O–H groups in total. The number of carbonyl (C=O) groups excluding carboxylic acids is 2. The van der Waals surface area contributed by atoms with Gasteiger partial charge in [-0.15, -0.1) is 5.10 Å². The maximum absolute atomic E-state index is 11.7. The number of hydrogen-bond donors (Lipinski definition) is 2. The number of carbonyl (C=O) groups is 3. The lowest BCUT2D eigenvalue weighted by Crippen LogP contribution is -2.51. The van der Waals surface area contributed by atoms with Crippen molar-refractivity contribution in [2.75, 3.05) is 19.6 Å². The van der Waals surface area contributed by atoms with Crippen LogP contribution < -0.4 is 5.32 Å². The first kappa shape index (κ1) is 14.0. The Hall–Kier alpha value is -2.45. The van der Waals surface area contributed by atoms with Crippen LogP contribution in [0.2, 0.25) is 0 Å². The van der Waals surface area contributed by atoms with E-state index in [0.717, 1.165) is 0 Å². The van der Waals surface area contributed by atoms with Gasteiger partial charge in [-0.2, -0.15) is 0 Å². The maximum atomic E-state index is 11.7. The van der Waals surface area contributed by atoms with Crippen LogP contribution in [0.1, 0.15) is 29.9 Å². The van der Waals surface area contributed by atoms with Gasteiger partial charge in [0.2, 0.25) is 11.8 Å². The number of hydrogen-bond acceptors (Lipinski definition) is 5. The van der Waals surface area contributed by atoms with Crippen LogP contribution >= 0.6 is 0 Å². The van der Waals surface area contributed by atoms with E-state index in [1.165, 1.54) is 17.8 Å². The molecule has 0 atom stereocenters. The number of carboxylic acid groups (broad SMARTS) is 1. The normalized spacial score (nSPS) is 14.8. The Kier molecular flexibility index (Phi) is 3.97. The molecular weight excluding hydrogens is 266 g/mol. The van der Waals surface area contributed by atoms with E-state index in [-0.39, 0.29) is 30.0 Å². The first-order valence-corrected chi connectivity index (χ1v) is 6.14. The van der Waals surface area contributed by atoms with E-state index in [9.17, 15) is 14.4 Å². The van der Waals surface area contributed by atoms with Gasteiger partial charge in [0.25, 0.3) is 0 Å². The van der Waals surface area contributed by atoms with Crippen LogP contribution in [-0.4, -0.2) is 62.4 Å². The summed E-state index contributed by atoms with van der Waals surface area (Å²) in [5.41, 5.74) is -0.111. The van der Waals surface area contributed by atoms with Crippen LogP contribution in [0, 0.1) is 0 Å². The molecule has 20 heavy (non-hydrogen) atoms. The van der Waals surface area contributed by atoms with Gasteiger partial charge < -0.3 is 15.3 Å². The summed E-state index contributed by atoms with van der Waals surface area (Å²) in [5, 5.41) is 18.5. The fraction of sp³-hybridized carbons (Fsp3) is 0.545. The Morgan fingerprint density at radius 2 is 2.15 bits per heavy atom. The Morgan fingerprint density at radius 3 is 2.70 bits per heavy atom. The van der Waals surface area contributed by atoms with Crippen molar-refractivity contribution in [2.45, 2.75) is 19.4 Å². The van der Waals surface area contributed by atoms with Crippen molar-refractivity contribution in [3.8, 4) is 0 Å². The summed E-state index contributed by atoms with van der Waals surface area (Å²) >= 11 is 0. The van der Waals surface area contributed by atoms with Gasteiger partial charge in [0.15, 0.2) is 5.69 Å². The summed E-state index contributed by atoms with van der Waals surface area (Å²) in [4.78, 5) is 34.7. The summed E-state index contributed by atoms with van der Waals surface area (Å²) in [6.07, 6.45) is 1.61. The highest BCUT2D eigenvalue weighted by Gasteiger charge is 2.32. The van der Waals surface area contributed by atoms with Crippen molar-refractivity contribution in [3.63, 3.8) is 0 Å². The van der Waals surface area contributed by atoms with Crippen molar-refractivity contribution in [2.24, 2.45) is 0 Å². The first-order valence-electron chi connectivity index (χ1n) is 6.14. The van der Waals surface area contributed by atoms with Gasteiger partial charge in [-0.3, -0.25) is 9.59 Å². The SMILES string of the molecule is CC(=O)NCCC(=O)N1CC(n2cc(C(=O)O)nn2)C1. The lowest BCUT2D eigenvalue weighted by Gasteiger charge is -2.38. The van der Waals surface area contributed by atoms with Gasteiger partial charge in [0.05, 0.1) is 12.2 Å². The molecule has 0 saturated carbocycles. The highest BCUT2D eigenvalue weighted by Crippen LogP contribution is 2.20. The molecule has 0 aliphatic carbocycles. The second kappa shape index (κ2) is 5.68. The molecule has 1 aliphatic rings. The molecule has 2 amide bonds. The molecule has 108 valence electrons. The predicted octanol–water partition coefficient (Wildman–Crippen LogP) is -1.11. The van der Waals surface area contributed by atoms with E-state index in [2.05, 4.69) is 15.6 Å². The third-order valence-electron chi connectivity index (χ3n) is 3.03. The number of rotatable bonds is 5. The summed E-state index contributed by atoms with van der Waals surface area (Å²) in [6.45, 7) is 2.67. The molecule has 2 heterocycles. The number of aromatic carboxylic acids is 1. The average Bonchev–Trinajstić information content (AvgIpc) is 2.75. The van der Waals surface area contributed by atoms with E-state index in [4.69, 9.17) is 5.11 Å². The van der Waals surface area contributed by atoms with Gasteiger partial charge in [0, 0.05) is 33.0 Å². The predicted molar refractivity (Wildman–Crippen MR) is 65.9 cm³/mol. The van der Waals surface area contributed by atoms with Crippen LogP contribution in [0.3, 0.4) is 0 Å². The van der Waals surface area contributed by atoms with Crippen LogP contribution in [0.5, 0.6) is 0 Å². The fourth-order valence-corrected chi connectivity index (χ4v) is 1.88. The van der Waals surface area contributed by atoms with Crippen LogP contribution in [0.25, 0.3) is 0 Å². The molecule has 2 rings (SSSR count). The van der Waals surface area contributed by atoms with Gasteiger partial charge in [-0.05, 0) is 0 Å². The zero-order valence-electron chi connectivity index (χ0n) is 10.9. The van der Waals surface area contributed by atoms with Crippen LogP contribution in [0.15, 0.2) is 6.20 Å². The van der Waals surface area contributed by atoms with Crippen molar-refractivity contribution < 1.29 is 19.5 Å². The fourth-order valence-electron chi connectivity index (χ4n) is 1.88. The number of nitrogens with one attached hydrogen (secondary N) is 1. The first-order chi connectivity index (χ1) is 9.47. The molecule has 0 bridgehead atoms. The third kappa shape index (κ3) is 3.11. The minimum Gasteiger partial charge on any atom is -0.476 e. The van der Waals surface area contributed by atoms with Crippen molar-refractivity contribution in [1.82, 2.24) is 25.2 Å². The van der Waals surface area contributed by atoms with Crippen molar-refractivity contribution in [1.29, 1.82) is 0 Å².